The van der Waals surface area contributed by atoms with Gasteiger partial charge in [0.15, 0.2) is 11.5 Å². The van der Waals surface area contributed by atoms with Crippen molar-refractivity contribution in [2.45, 2.75) is 19.3 Å². The zero-order valence-corrected chi connectivity index (χ0v) is 21.3. The highest BCUT2D eigenvalue weighted by atomic mass is 19.4. The van der Waals surface area contributed by atoms with Gasteiger partial charge in [0.2, 0.25) is 0 Å². The van der Waals surface area contributed by atoms with E-state index in [4.69, 9.17) is 0 Å². The summed E-state index contributed by atoms with van der Waals surface area (Å²) in [5, 5.41) is 10.1. The minimum absolute atomic E-state index is 0.00970. The highest BCUT2D eigenvalue weighted by molar-refractivity contribution is 6.05. The topological polar surface area (TPSA) is 97.6 Å². The standard InChI is InChI=1S/C27H19F6N7O/c1-14-5-6-15(25(41)36-19-10-17(26(28,29)30)9-18(11-19)27(31,32)33)8-21(14)37-23-20-13-35-40(2)24(20)39-22(38-23)16-4-3-7-34-12-16/h3-13H,1-2H3,(H,36,41)(H,37,38,39). The Morgan fingerprint density at radius 2 is 1.61 bits per heavy atom. The smallest absolute Gasteiger partial charge is 0.339 e. The molecule has 3 heterocycles. The number of alkyl halides is 6. The normalized spacial score (nSPS) is 12.0. The average Bonchev–Trinajstić information content (AvgIpc) is 3.30. The Balaban J connectivity index is 1.49. The van der Waals surface area contributed by atoms with E-state index in [1.54, 1.807) is 55.4 Å². The predicted molar refractivity (Wildman–Crippen MR) is 138 cm³/mol. The van der Waals surface area contributed by atoms with Crippen LogP contribution in [-0.2, 0) is 19.4 Å². The number of pyridine rings is 1. The fourth-order valence-corrected chi connectivity index (χ4v) is 4.00. The van der Waals surface area contributed by atoms with Crippen molar-refractivity contribution in [3.8, 4) is 11.4 Å². The molecule has 5 rings (SSSR count). The molecule has 3 aromatic heterocycles. The Hall–Kier alpha value is -5.01. The van der Waals surface area contributed by atoms with Crippen LogP contribution in [0.2, 0.25) is 0 Å². The molecule has 0 aliphatic rings. The van der Waals surface area contributed by atoms with Gasteiger partial charge in [-0.25, -0.2) is 9.97 Å². The van der Waals surface area contributed by atoms with Crippen molar-refractivity contribution in [3.05, 3.63) is 89.4 Å². The van der Waals surface area contributed by atoms with Gasteiger partial charge in [0.1, 0.15) is 5.82 Å². The van der Waals surface area contributed by atoms with E-state index in [1.165, 1.54) is 12.1 Å². The maximum absolute atomic E-state index is 13.2. The first-order valence-corrected chi connectivity index (χ1v) is 11.9. The van der Waals surface area contributed by atoms with Crippen LogP contribution in [0.4, 0.5) is 43.5 Å². The van der Waals surface area contributed by atoms with Gasteiger partial charge in [-0.3, -0.25) is 14.5 Å². The van der Waals surface area contributed by atoms with Gasteiger partial charge in [-0.1, -0.05) is 6.07 Å². The van der Waals surface area contributed by atoms with Crippen molar-refractivity contribution in [2.24, 2.45) is 7.05 Å². The molecule has 0 bridgehead atoms. The van der Waals surface area contributed by atoms with Crippen molar-refractivity contribution >= 4 is 34.1 Å². The Kier molecular flexibility index (Phi) is 6.85. The van der Waals surface area contributed by atoms with Crippen molar-refractivity contribution < 1.29 is 31.1 Å². The summed E-state index contributed by atoms with van der Waals surface area (Å²) < 4.78 is 81.0. The van der Waals surface area contributed by atoms with E-state index in [0.29, 0.717) is 51.6 Å². The number of aryl methyl sites for hydroxylation is 2. The second-order valence-corrected chi connectivity index (χ2v) is 9.05. The minimum atomic E-state index is -5.05. The molecular weight excluding hydrogens is 552 g/mol. The molecule has 0 saturated heterocycles. The van der Waals surface area contributed by atoms with Crippen molar-refractivity contribution in [1.82, 2.24) is 24.7 Å². The third-order valence-electron chi connectivity index (χ3n) is 6.11. The third kappa shape index (κ3) is 5.81. The van der Waals surface area contributed by atoms with E-state index < -0.39 is 35.1 Å². The first-order valence-electron chi connectivity index (χ1n) is 11.9. The van der Waals surface area contributed by atoms with E-state index in [0.717, 1.165) is 0 Å². The number of rotatable bonds is 5. The first-order chi connectivity index (χ1) is 19.3. The zero-order chi connectivity index (χ0) is 29.5. The number of benzene rings is 2. The van der Waals surface area contributed by atoms with Crippen LogP contribution >= 0.6 is 0 Å². The lowest BCUT2D eigenvalue weighted by Crippen LogP contribution is -2.16. The van der Waals surface area contributed by atoms with Gasteiger partial charge in [0.05, 0.1) is 22.7 Å². The summed E-state index contributed by atoms with van der Waals surface area (Å²) in [5.41, 5.74) is -1.50. The number of amides is 1. The molecule has 5 aromatic rings. The monoisotopic (exact) mass is 571 g/mol. The average molecular weight is 571 g/mol. The second kappa shape index (κ2) is 10.2. The Bertz CT molecular complexity index is 1730. The third-order valence-corrected chi connectivity index (χ3v) is 6.11. The number of nitrogens with zero attached hydrogens (tertiary/aromatic N) is 5. The number of carbonyl (C=O) groups excluding carboxylic acids is 1. The molecule has 0 spiro atoms. The molecule has 0 atom stereocenters. The number of aromatic nitrogens is 5. The highest BCUT2D eigenvalue weighted by Crippen LogP contribution is 2.38. The highest BCUT2D eigenvalue weighted by Gasteiger charge is 2.37. The number of hydrogen-bond acceptors (Lipinski definition) is 6. The van der Waals surface area contributed by atoms with Crippen LogP contribution in [0.3, 0.4) is 0 Å². The number of nitrogens with one attached hydrogen (secondary N) is 2. The first kappa shape index (κ1) is 27.6. The molecule has 8 nitrogen and oxygen atoms in total. The number of carbonyl (C=O) groups is 1. The quantitative estimate of drug-likeness (QED) is 0.226. The summed E-state index contributed by atoms with van der Waals surface area (Å²) >= 11 is 0. The van der Waals surface area contributed by atoms with Gasteiger partial charge in [0, 0.05) is 41.9 Å². The van der Waals surface area contributed by atoms with Crippen LogP contribution in [0.1, 0.15) is 27.0 Å². The summed E-state index contributed by atoms with van der Waals surface area (Å²) in [5.74, 6) is -0.200. The van der Waals surface area contributed by atoms with Crippen LogP contribution in [0, 0.1) is 6.92 Å². The summed E-state index contributed by atoms with van der Waals surface area (Å²) in [7, 11) is 1.71. The molecule has 0 aliphatic heterocycles. The zero-order valence-electron chi connectivity index (χ0n) is 21.3. The molecule has 2 N–H and O–H groups in total. The van der Waals surface area contributed by atoms with Gasteiger partial charge in [-0.2, -0.15) is 31.4 Å². The Morgan fingerprint density at radius 1 is 0.902 bits per heavy atom. The summed E-state index contributed by atoms with van der Waals surface area (Å²) in [6.45, 7) is 1.75. The van der Waals surface area contributed by atoms with Gasteiger partial charge in [-0.15, -0.1) is 0 Å². The predicted octanol–water partition coefficient (Wildman–Crippen LogP) is 6.77. The van der Waals surface area contributed by atoms with E-state index in [1.807, 2.05) is 0 Å². The van der Waals surface area contributed by atoms with Crippen LogP contribution in [-0.4, -0.2) is 30.6 Å². The molecule has 41 heavy (non-hydrogen) atoms. The summed E-state index contributed by atoms with van der Waals surface area (Å²) in [4.78, 5) is 26.2. The fraction of sp³-hybridized carbons (Fsp3) is 0.148. The molecular formula is C27H19F6N7O. The molecule has 0 saturated carbocycles. The number of halogens is 6. The van der Waals surface area contributed by atoms with E-state index in [-0.39, 0.29) is 11.6 Å². The van der Waals surface area contributed by atoms with Crippen molar-refractivity contribution in [2.75, 3.05) is 10.6 Å². The van der Waals surface area contributed by atoms with Gasteiger partial charge in [0.25, 0.3) is 5.91 Å². The maximum atomic E-state index is 13.2. The molecule has 0 aliphatic carbocycles. The lowest BCUT2D eigenvalue weighted by molar-refractivity contribution is -0.143. The molecule has 0 radical (unpaired) electrons. The number of anilines is 3. The molecule has 14 heteroatoms. The maximum Gasteiger partial charge on any atom is 0.416 e. The molecule has 210 valence electrons. The minimum Gasteiger partial charge on any atom is -0.339 e. The summed E-state index contributed by atoms with van der Waals surface area (Å²) in [6, 6.07) is 8.78. The SMILES string of the molecule is Cc1ccc(C(=O)Nc2cc(C(F)(F)F)cc(C(F)(F)F)c2)cc1Nc1nc(-c2cccnc2)nc2c1cnn2C. The van der Waals surface area contributed by atoms with Gasteiger partial charge < -0.3 is 10.6 Å². The number of fused-ring (bicyclic) bond motifs is 1. The van der Waals surface area contributed by atoms with Gasteiger partial charge in [-0.05, 0) is 55.0 Å². The van der Waals surface area contributed by atoms with Crippen LogP contribution in [0.25, 0.3) is 22.4 Å². The van der Waals surface area contributed by atoms with Crippen molar-refractivity contribution in [3.63, 3.8) is 0 Å². The van der Waals surface area contributed by atoms with E-state index >= 15 is 0 Å². The summed E-state index contributed by atoms with van der Waals surface area (Å²) in [6.07, 6.45) is -5.34. The Morgan fingerprint density at radius 3 is 2.24 bits per heavy atom. The molecule has 2 aromatic carbocycles. The van der Waals surface area contributed by atoms with Crippen LogP contribution < -0.4 is 10.6 Å². The lowest BCUT2D eigenvalue weighted by Gasteiger charge is -2.15. The van der Waals surface area contributed by atoms with Crippen LogP contribution in [0.5, 0.6) is 0 Å². The van der Waals surface area contributed by atoms with Crippen LogP contribution in [0.15, 0.2) is 67.1 Å². The second-order valence-electron chi connectivity index (χ2n) is 9.05. The molecule has 0 fully saturated rings. The van der Waals surface area contributed by atoms with Crippen molar-refractivity contribution in [1.29, 1.82) is 0 Å². The Labute approximate surface area is 228 Å². The van der Waals surface area contributed by atoms with E-state index in [2.05, 4.69) is 30.7 Å². The fourth-order valence-electron chi connectivity index (χ4n) is 4.00. The molecule has 0 unspecified atom stereocenters. The van der Waals surface area contributed by atoms with E-state index in [9.17, 15) is 31.1 Å². The largest absolute Gasteiger partial charge is 0.416 e. The lowest BCUT2D eigenvalue weighted by atomic mass is 10.1. The number of hydrogen-bond donors (Lipinski definition) is 2. The molecule has 1 amide bonds. The van der Waals surface area contributed by atoms with Gasteiger partial charge >= 0.3 is 12.4 Å².